The summed E-state index contributed by atoms with van der Waals surface area (Å²) in [6.45, 7) is 1.51. The quantitative estimate of drug-likeness (QED) is 0.883. The molecule has 2 amide bonds. The van der Waals surface area contributed by atoms with Gasteiger partial charge in [-0.3, -0.25) is 0 Å². The Labute approximate surface area is 151 Å². The van der Waals surface area contributed by atoms with Crippen LogP contribution in [0.15, 0.2) is 42.5 Å². The SMILES string of the molecule is O=C(NC[C@@H]1Cc2ccccc21)N[C@@H]1CCN(c2c(F)cccc2F)C1. The maximum absolute atomic E-state index is 13.9. The highest BCUT2D eigenvalue weighted by Crippen LogP contribution is 2.34. The van der Waals surface area contributed by atoms with Crippen LogP contribution in [0.5, 0.6) is 0 Å². The van der Waals surface area contributed by atoms with Crippen molar-refractivity contribution in [3.63, 3.8) is 0 Å². The molecule has 1 aliphatic heterocycles. The number of halogens is 2. The Morgan fingerprint density at radius 3 is 2.65 bits per heavy atom. The van der Waals surface area contributed by atoms with Crippen molar-refractivity contribution in [1.29, 1.82) is 0 Å². The molecule has 0 bridgehead atoms. The van der Waals surface area contributed by atoms with Crippen LogP contribution in [0.1, 0.15) is 23.5 Å². The van der Waals surface area contributed by atoms with Gasteiger partial charge in [0.15, 0.2) is 0 Å². The Morgan fingerprint density at radius 2 is 1.88 bits per heavy atom. The van der Waals surface area contributed by atoms with Crippen LogP contribution in [0.3, 0.4) is 0 Å². The molecule has 1 fully saturated rings. The molecule has 2 aliphatic rings. The van der Waals surface area contributed by atoms with Gasteiger partial charge in [-0.25, -0.2) is 13.6 Å². The Morgan fingerprint density at radius 1 is 1.12 bits per heavy atom. The molecule has 0 aromatic heterocycles. The predicted molar refractivity (Wildman–Crippen MR) is 96.4 cm³/mol. The summed E-state index contributed by atoms with van der Waals surface area (Å²) in [6, 6.07) is 11.8. The molecule has 1 heterocycles. The third-order valence-electron chi connectivity index (χ3n) is 5.25. The van der Waals surface area contributed by atoms with Gasteiger partial charge in [0.05, 0.1) is 0 Å². The van der Waals surface area contributed by atoms with Crippen molar-refractivity contribution in [3.8, 4) is 0 Å². The second-order valence-corrected chi connectivity index (χ2v) is 6.96. The summed E-state index contributed by atoms with van der Waals surface area (Å²) in [7, 11) is 0. The van der Waals surface area contributed by atoms with Crippen molar-refractivity contribution in [2.24, 2.45) is 0 Å². The fraction of sp³-hybridized carbons (Fsp3) is 0.350. The molecule has 2 N–H and O–H groups in total. The number of benzene rings is 2. The smallest absolute Gasteiger partial charge is 0.315 e. The maximum atomic E-state index is 13.9. The maximum Gasteiger partial charge on any atom is 0.315 e. The number of urea groups is 1. The largest absolute Gasteiger partial charge is 0.365 e. The van der Waals surface area contributed by atoms with E-state index in [0.29, 0.717) is 32.0 Å². The molecule has 26 heavy (non-hydrogen) atoms. The topological polar surface area (TPSA) is 44.4 Å². The highest BCUT2D eigenvalue weighted by molar-refractivity contribution is 5.74. The molecule has 4 rings (SSSR count). The van der Waals surface area contributed by atoms with E-state index in [0.717, 1.165) is 6.42 Å². The van der Waals surface area contributed by atoms with Crippen LogP contribution in [0.4, 0.5) is 19.3 Å². The summed E-state index contributed by atoms with van der Waals surface area (Å²) in [5.74, 6) is -0.776. The van der Waals surface area contributed by atoms with Gasteiger partial charge in [0.2, 0.25) is 0 Å². The standard InChI is InChI=1S/C20H21F2N3O/c21-17-6-3-7-18(22)19(17)25-9-8-15(12-25)24-20(26)23-11-14-10-13-4-1-2-5-16(13)14/h1-7,14-15H,8-12H2,(H2,23,24,26)/t14-,15+/m0/s1. The van der Waals surface area contributed by atoms with Crippen LogP contribution in [-0.4, -0.2) is 31.7 Å². The van der Waals surface area contributed by atoms with Gasteiger partial charge in [0, 0.05) is 31.6 Å². The van der Waals surface area contributed by atoms with Crippen molar-refractivity contribution in [3.05, 3.63) is 65.2 Å². The van der Waals surface area contributed by atoms with E-state index >= 15 is 0 Å². The molecule has 0 saturated carbocycles. The molecule has 0 spiro atoms. The Kier molecular flexibility index (Phi) is 4.49. The number of carbonyl (C=O) groups excluding carboxylic acids is 1. The average Bonchev–Trinajstić information content (AvgIpc) is 3.03. The van der Waals surface area contributed by atoms with Gasteiger partial charge in [-0.15, -0.1) is 0 Å². The van der Waals surface area contributed by atoms with Crippen LogP contribution >= 0.6 is 0 Å². The summed E-state index contributed by atoms with van der Waals surface area (Å²) in [6.07, 6.45) is 1.65. The lowest BCUT2D eigenvalue weighted by atomic mass is 9.78. The van der Waals surface area contributed by atoms with E-state index in [9.17, 15) is 13.6 Å². The first-order valence-corrected chi connectivity index (χ1v) is 8.93. The van der Waals surface area contributed by atoms with Gasteiger partial charge in [-0.1, -0.05) is 30.3 Å². The summed E-state index contributed by atoms with van der Waals surface area (Å²) in [5, 5.41) is 5.82. The summed E-state index contributed by atoms with van der Waals surface area (Å²) in [4.78, 5) is 13.8. The zero-order valence-corrected chi connectivity index (χ0v) is 14.3. The minimum absolute atomic E-state index is 0.0108. The molecule has 4 nitrogen and oxygen atoms in total. The molecule has 2 aromatic rings. The van der Waals surface area contributed by atoms with E-state index in [1.807, 2.05) is 12.1 Å². The highest BCUT2D eigenvalue weighted by atomic mass is 19.1. The molecule has 0 radical (unpaired) electrons. The van der Waals surface area contributed by atoms with E-state index in [4.69, 9.17) is 0 Å². The minimum Gasteiger partial charge on any atom is -0.365 e. The van der Waals surface area contributed by atoms with Crippen molar-refractivity contribution >= 4 is 11.7 Å². The van der Waals surface area contributed by atoms with Crippen LogP contribution in [-0.2, 0) is 6.42 Å². The lowest BCUT2D eigenvalue weighted by Crippen LogP contribution is -2.45. The molecule has 2 atom stereocenters. The van der Waals surface area contributed by atoms with Crippen molar-refractivity contribution < 1.29 is 13.6 Å². The third-order valence-corrected chi connectivity index (χ3v) is 5.25. The minimum atomic E-state index is -0.571. The van der Waals surface area contributed by atoms with Crippen LogP contribution in [0.2, 0.25) is 0 Å². The van der Waals surface area contributed by atoms with Gasteiger partial charge < -0.3 is 15.5 Å². The van der Waals surface area contributed by atoms with Gasteiger partial charge in [0.1, 0.15) is 17.3 Å². The molecule has 1 aliphatic carbocycles. The molecule has 1 saturated heterocycles. The molecular formula is C20H21F2N3O. The number of nitrogens with zero attached hydrogens (tertiary/aromatic N) is 1. The summed E-state index contributed by atoms with van der Waals surface area (Å²) in [5.41, 5.74) is 2.64. The average molecular weight is 357 g/mol. The zero-order chi connectivity index (χ0) is 18.1. The number of fused-ring (bicyclic) bond motifs is 1. The zero-order valence-electron chi connectivity index (χ0n) is 14.3. The number of hydrogen-bond acceptors (Lipinski definition) is 2. The van der Waals surface area contributed by atoms with Gasteiger partial charge in [-0.2, -0.15) is 0 Å². The second-order valence-electron chi connectivity index (χ2n) is 6.96. The second kappa shape index (κ2) is 6.94. The Bertz CT molecular complexity index is 806. The van der Waals surface area contributed by atoms with Gasteiger partial charge in [0.25, 0.3) is 0 Å². The summed E-state index contributed by atoms with van der Waals surface area (Å²) >= 11 is 0. The predicted octanol–water partition coefficient (Wildman–Crippen LogP) is 3.18. The normalized spacial score (nSPS) is 21.1. The number of anilines is 1. The molecule has 6 heteroatoms. The number of carbonyl (C=O) groups is 1. The Hall–Kier alpha value is -2.63. The van der Waals surface area contributed by atoms with E-state index < -0.39 is 11.6 Å². The Balaban J connectivity index is 1.27. The lowest BCUT2D eigenvalue weighted by Gasteiger charge is -2.30. The number of amides is 2. The van der Waals surface area contributed by atoms with Crippen molar-refractivity contribution in [2.45, 2.75) is 24.8 Å². The van der Waals surface area contributed by atoms with Crippen molar-refractivity contribution in [2.75, 3.05) is 24.5 Å². The van der Waals surface area contributed by atoms with Gasteiger partial charge in [-0.05, 0) is 36.1 Å². The highest BCUT2D eigenvalue weighted by Gasteiger charge is 2.29. The number of rotatable bonds is 4. The van der Waals surface area contributed by atoms with E-state index in [2.05, 4.69) is 22.8 Å². The first-order chi connectivity index (χ1) is 12.6. The van der Waals surface area contributed by atoms with Crippen LogP contribution in [0.25, 0.3) is 0 Å². The molecule has 2 aromatic carbocycles. The van der Waals surface area contributed by atoms with Crippen LogP contribution in [0, 0.1) is 11.6 Å². The number of hydrogen-bond donors (Lipinski definition) is 2. The first kappa shape index (κ1) is 16.8. The molecular weight excluding hydrogens is 336 g/mol. The van der Waals surface area contributed by atoms with E-state index in [1.165, 1.54) is 29.3 Å². The lowest BCUT2D eigenvalue weighted by molar-refractivity contribution is 0.236. The fourth-order valence-electron chi connectivity index (χ4n) is 3.87. The van der Waals surface area contributed by atoms with E-state index in [1.54, 1.807) is 4.90 Å². The van der Waals surface area contributed by atoms with E-state index in [-0.39, 0.29) is 17.8 Å². The van der Waals surface area contributed by atoms with Gasteiger partial charge >= 0.3 is 6.03 Å². The number of nitrogens with one attached hydrogen (secondary N) is 2. The monoisotopic (exact) mass is 357 g/mol. The molecule has 0 unspecified atom stereocenters. The first-order valence-electron chi connectivity index (χ1n) is 8.93. The molecule has 136 valence electrons. The fourth-order valence-corrected chi connectivity index (χ4v) is 3.87. The van der Waals surface area contributed by atoms with Crippen LogP contribution < -0.4 is 15.5 Å². The third kappa shape index (κ3) is 3.23. The van der Waals surface area contributed by atoms with Crippen molar-refractivity contribution in [1.82, 2.24) is 10.6 Å². The number of para-hydroxylation sites is 1. The summed E-state index contributed by atoms with van der Waals surface area (Å²) < 4.78 is 27.8.